The Morgan fingerprint density at radius 1 is 0.469 bits per heavy atom. The lowest BCUT2D eigenvalue weighted by molar-refractivity contribution is -0.270. The van der Waals surface area contributed by atoms with E-state index < -0.39 is 104 Å². The van der Waals surface area contributed by atoms with E-state index in [1.165, 1.54) is 13.8 Å². The minimum absolute atomic E-state index is 0.0639. The molecular weight excluding hydrogens is 1070 g/mol. The number of aliphatic hydroxyl groups excluding tert-OH is 7. The molecule has 2 aliphatic heterocycles. The number of hydrogen-bond acceptors (Lipinski definition) is 21. The van der Waals surface area contributed by atoms with Crippen molar-refractivity contribution in [1.29, 1.82) is 0 Å². The van der Waals surface area contributed by atoms with E-state index in [9.17, 15) is 69.3 Å². The van der Waals surface area contributed by atoms with Gasteiger partial charge in [0.1, 0.15) is 48.7 Å². The molecule has 0 saturated carbocycles. The van der Waals surface area contributed by atoms with Crippen molar-refractivity contribution in [3.63, 3.8) is 0 Å². The molecular formula is C53H97N7O21. The van der Waals surface area contributed by atoms with E-state index in [0.29, 0.717) is 97.0 Å². The van der Waals surface area contributed by atoms with Crippen molar-refractivity contribution in [2.45, 2.75) is 210 Å². The minimum Gasteiger partial charge on any atom is -0.450 e. The van der Waals surface area contributed by atoms with Gasteiger partial charge < -0.3 is 106 Å². The highest BCUT2D eigenvalue weighted by atomic mass is 16.7. The van der Waals surface area contributed by atoms with Gasteiger partial charge in [0.25, 0.3) is 0 Å². The topological polar surface area (TPSA) is 410 Å². The number of unbranched alkanes of at least 4 members (excludes halogenated alkanes) is 6. The van der Waals surface area contributed by atoms with Crippen LogP contribution in [0.3, 0.4) is 0 Å². The first-order chi connectivity index (χ1) is 38.9. The number of amides is 7. The third-order valence-electron chi connectivity index (χ3n) is 13.5. The molecule has 2 rings (SSSR count). The van der Waals surface area contributed by atoms with Crippen LogP contribution in [0, 0.1) is 0 Å². The fourth-order valence-electron chi connectivity index (χ4n) is 9.21. The molecule has 0 bridgehead atoms. The molecule has 2 heterocycles. The van der Waals surface area contributed by atoms with Gasteiger partial charge in [-0.1, -0.05) is 25.7 Å². The quantitative estimate of drug-likeness (QED) is 0.0322. The van der Waals surface area contributed by atoms with Gasteiger partial charge >= 0.3 is 12.2 Å². The maximum absolute atomic E-state index is 13.1. The van der Waals surface area contributed by atoms with Crippen LogP contribution in [0.15, 0.2) is 0 Å². The molecule has 2 saturated heterocycles. The second-order valence-electron chi connectivity index (χ2n) is 20.3. The number of hydrogen-bond donors (Lipinski definition) is 14. The van der Waals surface area contributed by atoms with Gasteiger partial charge in [0.15, 0.2) is 12.6 Å². The third-order valence-corrected chi connectivity index (χ3v) is 13.5. The Labute approximate surface area is 475 Å². The van der Waals surface area contributed by atoms with Crippen LogP contribution < -0.4 is 37.2 Å². The molecule has 470 valence electrons. The first-order valence-corrected chi connectivity index (χ1v) is 28.8. The van der Waals surface area contributed by atoms with E-state index >= 15 is 0 Å². The van der Waals surface area contributed by atoms with E-state index in [0.717, 1.165) is 38.5 Å². The summed E-state index contributed by atoms with van der Waals surface area (Å²) in [5, 5.41) is 89.0. The van der Waals surface area contributed by atoms with Gasteiger partial charge in [-0.3, -0.25) is 24.0 Å². The third kappa shape index (κ3) is 31.0. The first kappa shape index (κ1) is 72.5. The lowest BCUT2D eigenvalue weighted by Gasteiger charge is -2.42. The standard InChI is InChI=1S/C53H97N7O21/c1-4-75-33-20-42(68)60-53(21-15-28-61,22-16-31-78-51(73)56-26-11-7-5-9-24-54-40(66)18-13-29-76-49-43(58-36(2)64)47(71)45(69)38(34-62)80-49)23-17-32-79-52(74)57-27-12-8-6-10-25-55-41(67)19-14-30-77-50-44(59-37(3)65)48(72)46(70)39(35-63)81-50/h38-39,43-50,61-63,69-72H,4-35H2,1-3H3,(H,54,66)(H,55,67)(H,56,73)(H,57,74)(H,58,64)(H,59,65)(H,60,68). The smallest absolute Gasteiger partial charge is 0.407 e. The summed E-state index contributed by atoms with van der Waals surface area (Å²) in [5.74, 6) is -1.53. The molecule has 10 unspecified atom stereocenters. The van der Waals surface area contributed by atoms with Crippen LogP contribution in [-0.4, -0.2) is 230 Å². The molecule has 14 N–H and O–H groups in total. The maximum Gasteiger partial charge on any atom is 0.407 e. The number of nitrogens with one attached hydrogen (secondary N) is 7. The summed E-state index contributed by atoms with van der Waals surface area (Å²) in [5.41, 5.74) is -0.772. The molecule has 7 amide bonds. The highest BCUT2D eigenvalue weighted by Gasteiger charge is 2.46. The second-order valence-corrected chi connectivity index (χ2v) is 20.3. The predicted octanol–water partition coefficient (Wildman–Crippen LogP) is -1.11. The molecule has 0 radical (unpaired) electrons. The largest absolute Gasteiger partial charge is 0.450 e. The number of carbonyl (C=O) groups is 7. The van der Waals surface area contributed by atoms with Crippen molar-refractivity contribution < 1.29 is 102 Å². The highest BCUT2D eigenvalue weighted by molar-refractivity contribution is 5.77. The molecule has 81 heavy (non-hydrogen) atoms. The van der Waals surface area contributed by atoms with Crippen molar-refractivity contribution in [3.05, 3.63) is 0 Å². The Morgan fingerprint density at radius 2 is 0.877 bits per heavy atom. The Kier molecular flexibility index (Phi) is 38.6. The number of alkyl carbamates (subject to hydrolysis) is 2. The molecule has 0 aromatic heterocycles. The fraction of sp³-hybridized carbons (Fsp3) is 0.868. The highest BCUT2D eigenvalue weighted by Crippen LogP contribution is 2.27. The molecule has 10 atom stereocenters. The molecule has 0 aromatic carbocycles. The molecule has 28 heteroatoms. The summed E-state index contributed by atoms with van der Waals surface area (Å²) in [7, 11) is 0. The van der Waals surface area contributed by atoms with Gasteiger partial charge in [-0.25, -0.2) is 9.59 Å². The lowest BCUT2D eigenvalue weighted by Crippen LogP contribution is -2.64. The Hall–Kier alpha value is -4.59. The summed E-state index contributed by atoms with van der Waals surface area (Å²) in [6.45, 7) is 5.78. The maximum atomic E-state index is 13.1. The van der Waals surface area contributed by atoms with Crippen LogP contribution in [0.4, 0.5) is 9.59 Å². The predicted molar refractivity (Wildman–Crippen MR) is 290 cm³/mol. The van der Waals surface area contributed by atoms with Gasteiger partial charge in [0.05, 0.1) is 46.2 Å². The van der Waals surface area contributed by atoms with Crippen LogP contribution in [-0.2, 0) is 57.1 Å². The summed E-state index contributed by atoms with van der Waals surface area (Å²) < 4.78 is 38.6. The zero-order valence-electron chi connectivity index (χ0n) is 47.7. The molecule has 0 aliphatic carbocycles. The van der Waals surface area contributed by atoms with Gasteiger partial charge in [-0.2, -0.15) is 0 Å². The van der Waals surface area contributed by atoms with E-state index in [1.807, 2.05) is 6.92 Å². The average Bonchev–Trinajstić information content (AvgIpc) is 3.43. The number of aliphatic hydroxyl groups is 7. The average molecular weight is 1170 g/mol. The van der Waals surface area contributed by atoms with Crippen LogP contribution >= 0.6 is 0 Å². The molecule has 0 aromatic rings. The van der Waals surface area contributed by atoms with Crippen LogP contribution in [0.2, 0.25) is 0 Å². The fourth-order valence-corrected chi connectivity index (χ4v) is 9.21. The molecule has 0 spiro atoms. The normalized spacial score (nSPS) is 23.3. The Morgan fingerprint density at radius 3 is 1.26 bits per heavy atom. The summed E-state index contributed by atoms with van der Waals surface area (Å²) in [6.07, 6.45) is -1.65. The van der Waals surface area contributed by atoms with E-state index in [1.54, 1.807) is 0 Å². The number of rotatable bonds is 44. The molecule has 2 fully saturated rings. The number of ether oxygens (including phenoxy) is 7. The van der Waals surface area contributed by atoms with E-state index in [4.69, 9.17) is 33.2 Å². The summed E-state index contributed by atoms with van der Waals surface area (Å²) >= 11 is 0. The van der Waals surface area contributed by atoms with Gasteiger partial charge in [-0.15, -0.1) is 0 Å². The van der Waals surface area contributed by atoms with Crippen LogP contribution in [0.5, 0.6) is 0 Å². The van der Waals surface area contributed by atoms with Gasteiger partial charge in [-0.05, 0) is 84.0 Å². The zero-order chi connectivity index (χ0) is 59.8. The Bertz CT molecular complexity index is 1690. The molecule has 2 aliphatic rings. The SMILES string of the molecule is CCOCCC(=O)NC(CCCO)(CCCOC(=O)NCCCCCCNC(=O)CCCOC1OC(CO)C(O)C(O)C1NC(C)=O)CCCOC(=O)NCCCCCCNC(=O)CCCOC1OC(CO)C(O)C(O)C1NC(C)=O. The first-order valence-electron chi connectivity index (χ1n) is 28.8. The van der Waals surface area contributed by atoms with Crippen molar-refractivity contribution in [2.75, 3.05) is 85.6 Å². The summed E-state index contributed by atoms with van der Waals surface area (Å²) in [6, 6.07) is -2.12. The minimum atomic E-state index is -1.42. The lowest BCUT2D eigenvalue weighted by atomic mass is 9.83. The second kappa shape index (κ2) is 43.1. The molecule has 28 nitrogen and oxygen atoms in total. The zero-order valence-corrected chi connectivity index (χ0v) is 47.7. The van der Waals surface area contributed by atoms with Crippen molar-refractivity contribution >= 4 is 41.7 Å². The van der Waals surface area contributed by atoms with Gasteiger partial charge in [0, 0.05) is 78.0 Å². The number of carbonyl (C=O) groups excluding carboxylic acids is 7. The summed E-state index contributed by atoms with van der Waals surface area (Å²) in [4.78, 5) is 86.0. The monoisotopic (exact) mass is 1170 g/mol. The van der Waals surface area contributed by atoms with Crippen molar-refractivity contribution in [2.24, 2.45) is 0 Å². The van der Waals surface area contributed by atoms with Crippen molar-refractivity contribution in [3.8, 4) is 0 Å². The van der Waals surface area contributed by atoms with Crippen LogP contribution in [0.1, 0.15) is 143 Å². The Balaban J connectivity index is 1.61. The van der Waals surface area contributed by atoms with E-state index in [2.05, 4.69) is 37.2 Å². The van der Waals surface area contributed by atoms with E-state index in [-0.39, 0.29) is 76.6 Å². The van der Waals surface area contributed by atoms with Gasteiger partial charge in [0.2, 0.25) is 29.5 Å². The van der Waals surface area contributed by atoms with Crippen LogP contribution in [0.25, 0.3) is 0 Å². The van der Waals surface area contributed by atoms with Crippen molar-refractivity contribution in [1.82, 2.24) is 37.2 Å².